The van der Waals surface area contributed by atoms with Gasteiger partial charge in [0.25, 0.3) is 0 Å². The van der Waals surface area contributed by atoms with Crippen molar-refractivity contribution in [1.29, 1.82) is 0 Å². The van der Waals surface area contributed by atoms with Gasteiger partial charge in [-0.05, 0) is 68.7 Å². The summed E-state index contributed by atoms with van der Waals surface area (Å²) in [5.74, 6) is -3.18. The quantitative estimate of drug-likeness (QED) is 0.489. The van der Waals surface area contributed by atoms with E-state index in [1.807, 2.05) is 0 Å². The van der Waals surface area contributed by atoms with Gasteiger partial charge >= 0.3 is 18.0 Å². The minimum absolute atomic E-state index is 0.0422. The van der Waals surface area contributed by atoms with Crippen LogP contribution in [0.4, 0.5) is 4.79 Å². The fraction of sp³-hybridized carbons (Fsp3) is 0.818. The van der Waals surface area contributed by atoms with Crippen LogP contribution in [-0.4, -0.2) is 58.4 Å². The van der Waals surface area contributed by atoms with Crippen LogP contribution in [0.5, 0.6) is 0 Å². The molecule has 0 aromatic carbocycles. The first-order chi connectivity index (χ1) is 13.8. The van der Waals surface area contributed by atoms with Crippen molar-refractivity contribution in [2.75, 3.05) is 6.61 Å². The van der Waals surface area contributed by atoms with Crippen molar-refractivity contribution in [2.24, 2.45) is 5.92 Å². The van der Waals surface area contributed by atoms with Crippen LogP contribution in [0.2, 0.25) is 0 Å². The summed E-state index contributed by atoms with van der Waals surface area (Å²) in [7, 11) is 0. The number of carbonyl (C=O) groups is 4. The number of carboxylic acid groups (broad SMARTS) is 1. The molecule has 0 saturated carbocycles. The predicted molar refractivity (Wildman–Crippen MR) is 115 cm³/mol. The maximum atomic E-state index is 12.5. The number of alkyl carbamates (subject to hydrolysis) is 1. The Balaban J connectivity index is 5.08. The second-order valence-electron chi connectivity index (χ2n) is 10.5. The van der Waals surface area contributed by atoms with E-state index in [0.717, 1.165) is 0 Å². The summed E-state index contributed by atoms with van der Waals surface area (Å²) in [6.07, 6.45) is -1.20. The van der Waals surface area contributed by atoms with Crippen LogP contribution in [0, 0.1) is 5.92 Å². The summed E-state index contributed by atoms with van der Waals surface area (Å²) in [6.45, 7) is 15.4. The molecule has 0 aromatic heterocycles. The molecule has 9 nitrogen and oxygen atoms in total. The average molecular weight is 446 g/mol. The lowest BCUT2D eigenvalue weighted by molar-refractivity contribution is -0.158. The third-order valence-electron chi connectivity index (χ3n) is 3.63. The lowest BCUT2D eigenvalue weighted by atomic mass is 9.99. The summed E-state index contributed by atoms with van der Waals surface area (Å²) in [6, 6.07) is -1.10. The minimum Gasteiger partial charge on any atom is -0.481 e. The van der Waals surface area contributed by atoms with Gasteiger partial charge in [0.2, 0.25) is 0 Å². The highest BCUT2D eigenvalue weighted by molar-refractivity contribution is 5.86. The third-order valence-corrected chi connectivity index (χ3v) is 3.63. The van der Waals surface area contributed by atoms with Gasteiger partial charge < -0.3 is 24.6 Å². The molecule has 0 aromatic rings. The monoisotopic (exact) mass is 445 g/mol. The van der Waals surface area contributed by atoms with E-state index in [9.17, 15) is 24.3 Å². The molecule has 0 fully saturated rings. The minimum atomic E-state index is -1.13. The highest BCUT2D eigenvalue weighted by atomic mass is 16.6. The second-order valence-corrected chi connectivity index (χ2v) is 10.5. The Morgan fingerprint density at radius 3 is 1.77 bits per heavy atom. The van der Waals surface area contributed by atoms with E-state index >= 15 is 0 Å². The Bertz CT molecular complexity index is 637. The maximum Gasteiger partial charge on any atom is 0.408 e. The molecule has 1 amide bonds. The van der Waals surface area contributed by atoms with Crippen molar-refractivity contribution in [1.82, 2.24) is 5.32 Å². The Kier molecular flexibility index (Phi) is 10.7. The van der Waals surface area contributed by atoms with E-state index in [2.05, 4.69) is 5.32 Å². The SMILES string of the molecule is CC(C)(C)OC[C@H](CC(=O)CC[C@H](NC(=O)OC(C)(C)C)C(=O)OC(C)(C)C)C(=O)O. The van der Waals surface area contributed by atoms with Gasteiger partial charge in [0, 0.05) is 12.8 Å². The van der Waals surface area contributed by atoms with E-state index in [4.69, 9.17) is 14.2 Å². The van der Waals surface area contributed by atoms with Crippen molar-refractivity contribution in [3.8, 4) is 0 Å². The number of Topliss-reactive ketones (excluding diaryl/α,β-unsaturated/α-hetero) is 1. The van der Waals surface area contributed by atoms with Crippen LogP contribution in [0.1, 0.15) is 81.6 Å². The van der Waals surface area contributed by atoms with Gasteiger partial charge in [0.1, 0.15) is 23.0 Å². The fourth-order valence-electron chi connectivity index (χ4n) is 2.32. The first-order valence-electron chi connectivity index (χ1n) is 10.4. The van der Waals surface area contributed by atoms with E-state index < -0.39 is 46.8 Å². The van der Waals surface area contributed by atoms with Crippen molar-refractivity contribution >= 4 is 23.8 Å². The third kappa shape index (κ3) is 15.3. The molecule has 0 saturated heterocycles. The average Bonchev–Trinajstić information content (AvgIpc) is 2.50. The van der Waals surface area contributed by atoms with Crippen LogP contribution in [0.3, 0.4) is 0 Å². The predicted octanol–water partition coefficient (Wildman–Crippen LogP) is 3.48. The zero-order valence-electron chi connectivity index (χ0n) is 20.3. The summed E-state index contributed by atoms with van der Waals surface area (Å²) < 4.78 is 16.0. The van der Waals surface area contributed by atoms with E-state index in [0.29, 0.717) is 0 Å². The molecular formula is C22H39NO8. The number of carbonyl (C=O) groups excluding carboxylic acids is 3. The number of rotatable bonds is 10. The molecule has 0 heterocycles. The topological polar surface area (TPSA) is 128 Å². The lowest BCUT2D eigenvalue weighted by Crippen LogP contribution is -2.46. The number of aliphatic carboxylic acids is 1. The van der Waals surface area contributed by atoms with Crippen LogP contribution in [0.25, 0.3) is 0 Å². The number of esters is 1. The molecule has 0 unspecified atom stereocenters. The Labute approximate surface area is 185 Å². The zero-order chi connectivity index (χ0) is 24.6. The highest BCUT2D eigenvalue weighted by Gasteiger charge is 2.30. The first kappa shape index (κ1) is 28.8. The van der Waals surface area contributed by atoms with Gasteiger partial charge in [0.05, 0.1) is 18.1 Å². The maximum absolute atomic E-state index is 12.5. The van der Waals surface area contributed by atoms with Crippen molar-refractivity contribution in [3.05, 3.63) is 0 Å². The van der Waals surface area contributed by atoms with Gasteiger partial charge in [-0.2, -0.15) is 0 Å². The van der Waals surface area contributed by atoms with Crippen molar-refractivity contribution in [2.45, 2.75) is 104 Å². The summed E-state index contributed by atoms with van der Waals surface area (Å²) in [4.78, 5) is 48.5. The van der Waals surface area contributed by atoms with E-state index in [1.165, 1.54) is 0 Å². The van der Waals surface area contributed by atoms with E-state index in [1.54, 1.807) is 62.3 Å². The molecular weight excluding hydrogens is 406 g/mol. The fourth-order valence-corrected chi connectivity index (χ4v) is 2.32. The van der Waals surface area contributed by atoms with Crippen LogP contribution >= 0.6 is 0 Å². The second kappa shape index (κ2) is 11.5. The largest absolute Gasteiger partial charge is 0.481 e. The van der Waals surface area contributed by atoms with Gasteiger partial charge in [0.15, 0.2) is 0 Å². The molecule has 0 aliphatic heterocycles. The summed E-state index contributed by atoms with van der Waals surface area (Å²) in [5, 5.41) is 11.8. The highest BCUT2D eigenvalue weighted by Crippen LogP contribution is 2.16. The van der Waals surface area contributed by atoms with Crippen LogP contribution in [0.15, 0.2) is 0 Å². The number of ketones is 1. The number of nitrogens with one attached hydrogen (secondary N) is 1. The Hall–Kier alpha value is -2.16. The smallest absolute Gasteiger partial charge is 0.408 e. The number of amides is 1. The molecule has 0 aliphatic carbocycles. The molecule has 9 heteroatoms. The standard InChI is InChI=1S/C22H39NO8/c1-20(2,3)29-13-14(17(25)26)12-15(24)10-11-16(18(27)30-21(4,5)6)23-19(28)31-22(7,8)9/h14,16H,10-13H2,1-9H3,(H,23,28)(H,25,26)/t14-,16-/m0/s1. The van der Waals surface area contributed by atoms with Crippen molar-refractivity contribution in [3.63, 3.8) is 0 Å². The van der Waals surface area contributed by atoms with Gasteiger partial charge in [-0.1, -0.05) is 0 Å². The molecule has 2 N–H and O–H groups in total. The molecule has 180 valence electrons. The molecule has 0 bridgehead atoms. The normalized spacial score (nSPS) is 14.4. The van der Waals surface area contributed by atoms with E-state index in [-0.39, 0.29) is 31.7 Å². The van der Waals surface area contributed by atoms with Crippen LogP contribution in [-0.2, 0) is 28.6 Å². The summed E-state index contributed by atoms with van der Waals surface area (Å²) >= 11 is 0. The zero-order valence-corrected chi connectivity index (χ0v) is 20.3. The Morgan fingerprint density at radius 1 is 0.839 bits per heavy atom. The van der Waals surface area contributed by atoms with Crippen molar-refractivity contribution < 1.29 is 38.5 Å². The molecule has 0 aliphatic rings. The molecule has 0 rings (SSSR count). The number of ether oxygens (including phenoxy) is 3. The summed E-state index contributed by atoms with van der Waals surface area (Å²) in [5.41, 5.74) is -2.08. The lowest BCUT2D eigenvalue weighted by Gasteiger charge is -2.26. The number of hydrogen-bond donors (Lipinski definition) is 2. The molecule has 0 spiro atoms. The number of carboxylic acids is 1. The van der Waals surface area contributed by atoms with Gasteiger partial charge in [-0.15, -0.1) is 0 Å². The van der Waals surface area contributed by atoms with Gasteiger partial charge in [-0.25, -0.2) is 9.59 Å². The molecule has 2 atom stereocenters. The molecule has 0 radical (unpaired) electrons. The Morgan fingerprint density at radius 2 is 1.35 bits per heavy atom. The first-order valence-corrected chi connectivity index (χ1v) is 10.4. The van der Waals surface area contributed by atoms with Gasteiger partial charge in [-0.3, -0.25) is 9.59 Å². The van der Waals surface area contributed by atoms with Crippen LogP contribution < -0.4 is 5.32 Å². The molecule has 31 heavy (non-hydrogen) atoms. The number of hydrogen-bond acceptors (Lipinski definition) is 7.